The molecule has 0 unspecified atom stereocenters. The van der Waals surface area contributed by atoms with Crippen LogP contribution in [0.5, 0.6) is 0 Å². The third-order valence-electron chi connectivity index (χ3n) is 5.31. The second-order valence-corrected chi connectivity index (χ2v) is 8.93. The van der Waals surface area contributed by atoms with Gasteiger partial charge in [0.15, 0.2) is 0 Å². The molecule has 0 saturated carbocycles. The van der Waals surface area contributed by atoms with Crippen LogP contribution in [0.15, 0.2) is 0 Å². The van der Waals surface area contributed by atoms with Crippen LogP contribution < -0.4 is 21.3 Å². The highest BCUT2D eigenvalue weighted by Gasteiger charge is 2.30. The maximum absolute atomic E-state index is 13.1. The van der Waals surface area contributed by atoms with E-state index in [2.05, 4.69) is 46.5 Å². The van der Waals surface area contributed by atoms with Gasteiger partial charge in [-0.3, -0.25) is 19.2 Å². The molecule has 5 N–H and O–H groups in total. The van der Waals surface area contributed by atoms with Crippen LogP contribution in [0.2, 0.25) is 0 Å². The third kappa shape index (κ3) is 12.0. The molecule has 190 valence electrons. The van der Waals surface area contributed by atoms with E-state index in [1.165, 1.54) is 6.92 Å². The van der Waals surface area contributed by atoms with Crippen molar-refractivity contribution in [3.8, 4) is 0 Å². The number of hydrogen-bond donors (Lipinski definition) is 7. The summed E-state index contributed by atoms with van der Waals surface area (Å²) in [7, 11) is 0. The number of rotatable bonds is 17. The van der Waals surface area contributed by atoms with Gasteiger partial charge in [0.2, 0.25) is 17.7 Å². The highest BCUT2D eigenvalue weighted by atomic mass is 32.1. The number of carbonyl (C=O) groups is 4. The van der Waals surface area contributed by atoms with Crippen LogP contribution >= 0.6 is 25.3 Å². The van der Waals surface area contributed by atoms with Crippen LogP contribution in [0.1, 0.15) is 51.9 Å². The SMILES string of the molecule is C[C@H](NC(=O)[C@H](CCOCCS)NC(=O)[C@H](CCCCCS)NC(=O)[C@@H]1CCCN1)C(=O)O. The van der Waals surface area contributed by atoms with Gasteiger partial charge in [-0.05, 0) is 51.3 Å². The number of thiol groups is 2. The Hall–Kier alpha value is -1.50. The highest BCUT2D eigenvalue weighted by Crippen LogP contribution is 2.09. The standard InChI is InChI=1S/C21H38N4O6S2/c1-14(21(29)30)23-19(27)17(8-10-31-11-13-33)25-20(28)16(6-3-2-4-12-32)24-18(26)15-7-5-9-22-15/h14-17,22,32-33H,2-13H2,1H3,(H,23,27)(H,24,26)(H,25,28)(H,29,30)/t14-,15-,16-,17-/m0/s1. The zero-order valence-corrected chi connectivity index (χ0v) is 21.0. The Morgan fingerprint density at radius 1 is 0.970 bits per heavy atom. The zero-order valence-electron chi connectivity index (χ0n) is 19.2. The van der Waals surface area contributed by atoms with Gasteiger partial charge in [0.25, 0.3) is 0 Å². The topological polar surface area (TPSA) is 146 Å². The molecule has 0 bridgehead atoms. The largest absolute Gasteiger partial charge is 0.480 e. The molecular weight excluding hydrogens is 468 g/mol. The Labute approximate surface area is 206 Å². The van der Waals surface area contributed by atoms with E-state index >= 15 is 0 Å². The molecule has 12 heteroatoms. The Morgan fingerprint density at radius 2 is 1.67 bits per heavy atom. The zero-order chi connectivity index (χ0) is 24.6. The molecule has 1 heterocycles. The summed E-state index contributed by atoms with van der Waals surface area (Å²) in [5.74, 6) is -1.27. The number of amides is 3. The lowest BCUT2D eigenvalue weighted by atomic mass is 10.1. The van der Waals surface area contributed by atoms with E-state index in [1.54, 1.807) is 0 Å². The molecule has 33 heavy (non-hydrogen) atoms. The van der Waals surface area contributed by atoms with Crippen LogP contribution in [0.3, 0.4) is 0 Å². The van der Waals surface area contributed by atoms with Gasteiger partial charge in [-0.2, -0.15) is 25.3 Å². The summed E-state index contributed by atoms with van der Waals surface area (Å²) in [4.78, 5) is 49.4. The van der Waals surface area contributed by atoms with Gasteiger partial charge >= 0.3 is 5.97 Å². The molecule has 1 rings (SSSR count). The number of unbranched alkanes of at least 4 members (excludes halogenated alkanes) is 2. The van der Waals surface area contributed by atoms with Crippen molar-refractivity contribution in [2.45, 2.75) is 76.0 Å². The number of carboxylic acid groups (broad SMARTS) is 1. The van der Waals surface area contributed by atoms with E-state index in [4.69, 9.17) is 9.84 Å². The fourth-order valence-corrected chi connectivity index (χ4v) is 3.72. The summed E-state index contributed by atoms with van der Waals surface area (Å²) in [6, 6.07) is -3.24. The fourth-order valence-electron chi connectivity index (χ4n) is 3.37. The van der Waals surface area contributed by atoms with Crippen LogP contribution in [-0.2, 0) is 23.9 Å². The first kappa shape index (κ1) is 29.5. The first-order valence-electron chi connectivity index (χ1n) is 11.5. The van der Waals surface area contributed by atoms with Crippen LogP contribution in [-0.4, -0.2) is 84.2 Å². The van der Waals surface area contributed by atoms with E-state index in [-0.39, 0.29) is 25.0 Å². The Bertz CT molecular complexity index is 634. The van der Waals surface area contributed by atoms with Gasteiger partial charge in [0.1, 0.15) is 18.1 Å². The molecule has 0 radical (unpaired) electrons. The highest BCUT2D eigenvalue weighted by molar-refractivity contribution is 7.80. The molecule has 4 atom stereocenters. The molecule has 1 saturated heterocycles. The summed E-state index contributed by atoms with van der Waals surface area (Å²) in [6.07, 6.45) is 4.66. The molecule has 0 aromatic heterocycles. The normalized spacial score (nSPS) is 18.2. The lowest BCUT2D eigenvalue weighted by Gasteiger charge is -2.25. The average molecular weight is 507 g/mol. The average Bonchev–Trinajstić information content (AvgIpc) is 3.32. The Morgan fingerprint density at radius 3 is 2.27 bits per heavy atom. The third-order valence-corrected chi connectivity index (χ3v) is 5.81. The van der Waals surface area contributed by atoms with Crippen molar-refractivity contribution in [3.05, 3.63) is 0 Å². The van der Waals surface area contributed by atoms with Crippen molar-refractivity contribution in [1.82, 2.24) is 21.3 Å². The van der Waals surface area contributed by atoms with Crippen LogP contribution in [0, 0.1) is 0 Å². The molecule has 1 fully saturated rings. The molecule has 0 spiro atoms. The van der Waals surface area contributed by atoms with Gasteiger partial charge < -0.3 is 31.1 Å². The van der Waals surface area contributed by atoms with Gasteiger partial charge in [-0.25, -0.2) is 0 Å². The minimum Gasteiger partial charge on any atom is -0.480 e. The Balaban J connectivity index is 2.83. The monoisotopic (exact) mass is 506 g/mol. The Kier molecular flexibility index (Phi) is 15.2. The van der Waals surface area contributed by atoms with E-state index < -0.39 is 35.9 Å². The van der Waals surface area contributed by atoms with E-state index in [1.807, 2.05) is 0 Å². The van der Waals surface area contributed by atoms with E-state index in [0.717, 1.165) is 38.0 Å². The van der Waals surface area contributed by atoms with Crippen molar-refractivity contribution >= 4 is 48.9 Å². The number of hydrogen-bond acceptors (Lipinski definition) is 8. The van der Waals surface area contributed by atoms with Crippen molar-refractivity contribution < 1.29 is 29.0 Å². The van der Waals surface area contributed by atoms with Crippen molar-refractivity contribution in [2.24, 2.45) is 0 Å². The number of nitrogens with one attached hydrogen (secondary N) is 4. The first-order chi connectivity index (χ1) is 15.8. The summed E-state index contributed by atoms with van der Waals surface area (Å²) in [6.45, 7) is 2.67. The number of carbonyl (C=O) groups excluding carboxylic acids is 3. The molecule has 10 nitrogen and oxygen atoms in total. The second-order valence-electron chi connectivity index (χ2n) is 8.04. The molecule has 0 aliphatic carbocycles. The van der Waals surface area contributed by atoms with E-state index in [9.17, 15) is 19.2 Å². The van der Waals surface area contributed by atoms with Gasteiger partial charge in [-0.15, -0.1) is 0 Å². The van der Waals surface area contributed by atoms with Gasteiger partial charge in [0.05, 0.1) is 12.6 Å². The first-order valence-corrected chi connectivity index (χ1v) is 12.7. The lowest BCUT2D eigenvalue weighted by Crippen LogP contribution is -2.57. The van der Waals surface area contributed by atoms with Gasteiger partial charge in [-0.1, -0.05) is 12.8 Å². The number of aliphatic carboxylic acids is 1. The molecule has 3 amide bonds. The maximum atomic E-state index is 13.1. The summed E-state index contributed by atoms with van der Waals surface area (Å²) in [5, 5.41) is 20.1. The molecule has 1 aliphatic heterocycles. The van der Waals surface area contributed by atoms with Crippen LogP contribution in [0.4, 0.5) is 0 Å². The lowest BCUT2D eigenvalue weighted by molar-refractivity contribution is -0.142. The summed E-state index contributed by atoms with van der Waals surface area (Å²) >= 11 is 8.26. The molecule has 1 aliphatic rings. The predicted molar refractivity (Wildman–Crippen MR) is 132 cm³/mol. The molecule has 0 aromatic rings. The number of carboxylic acids is 1. The number of ether oxygens (including phenoxy) is 1. The summed E-state index contributed by atoms with van der Waals surface area (Å²) in [5.41, 5.74) is 0. The molecular formula is C21H38N4O6S2. The molecule has 0 aromatic carbocycles. The smallest absolute Gasteiger partial charge is 0.325 e. The maximum Gasteiger partial charge on any atom is 0.325 e. The minimum atomic E-state index is -1.18. The minimum absolute atomic E-state index is 0.155. The fraction of sp³-hybridized carbons (Fsp3) is 0.810. The quantitative estimate of drug-likeness (QED) is 0.110. The van der Waals surface area contributed by atoms with Crippen molar-refractivity contribution in [2.75, 3.05) is 31.3 Å². The van der Waals surface area contributed by atoms with Gasteiger partial charge in [0, 0.05) is 12.4 Å². The van der Waals surface area contributed by atoms with Crippen molar-refractivity contribution in [3.63, 3.8) is 0 Å². The summed E-state index contributed by atoms with van der Waals surface area (Å²) < 4.78 is 5.37. The van der Waals surface area contributed by atoms with Crippen LogP contribution in [0.25, 0.3) is 0 Å². The second kappa shape index (κ2) is 17.0. The van der Waals surface area contributed by atoms with E-state index in [0.29, 0.717) is 25.2 Å². The predicted octanol–water partition coefficient (Wildman–Crippen LogP) is 0.124. The van der Waals surface area contributed by atoms with Crippen molar-refractivity contribution in [1.29, 1.82) is 0 Å².